The van der Waals surface area contributed by atoms with Crippen LogP contribution in [0.5, 0.6) is 0 Å². The summed E-state index contributed by atoms with van der Waals surface area (Å²) in [5, 5.41) is 0.413. The van der Waals surface area contributed by atoms with E-state index in [0.717, 1.165) is 16.1 Å². The van der Waals surface area contributed by atoms with E-state index in [0.29, 0.717) is 10.9 Å². The van der Waals surface area contributed by atoms with Gasteiger partial charge in [0, 0.05) is 15.9 Å². The van der Waals surface area contributed by atoms with Crippen molar-refractivity contribution in [1.29, 1.82) is 0 Å². The second-order valence-corrected chi connectivity index (χ2v) is 4.45. The van der Waals surface area contributed by atoms with Crippen LogP contribution in [0.25, 0.3) is 10.9 Å². The van der Waals surface area contributed by atoms with Crippen LogP contribution in [0.3, 0.4) is 0 Å². The molecule has 1 N–H and O–H groups in total. The molecule has 2 rings (SSSR count). The number of benzene rings is 1. The van der Waals surface area contributed by atoms with E-state index in [1.807, 2.05) is 0 Å². The van der Waals surface area contributed by atoms with Crippen LogP contribution in [0.2, 0.25) is 0 Å². The molecule has 84 valence electrons. The van der Waals surface area contributed by atoms with Crippen molar-refractivity contribution in [2.45, 2.75) is 13.3 Å². The highest BCUT2D eigenvalue weighted by Crippen LogP contribution is 2.23. The minimum absolute atomic E-state index is 0.345. The number of hydrogen-bond acceptors (Lipinski definition) is 1. The lowest BCUT2D eigenvalue weighted by molar-refractivity contribution is 0.146. The van der Waals surface area contributed by atoms with Crippen LogP contribution < -0.4 is 5.43 Å². The highest BCUT2D eigenvalue weighted by molar-refractivity contribution is 9.10. The lowest BCUT2D eigenvalue weighted by Gasteiger charge is -2.06. The van der Waals surface area contributed by atoms with Gasteiger partial charge in [0.1, 0.15) is 0 Å². The second-order valence-electron chi connectivity index (χ2n) is 3.53. The largest absolute Gasteiger partial charge is 0.353 e. The molecule has 0 radical (unpaired) electrons. The average Bonchev–Trinajstić information content (AvgIpc) is 2.19. The number of pyridine rings is 1. The van der Waals surface area contributed by atoms with E-state index in [9.17, 15) is 13.6 Å². The Morgan fingerprint density at radius 3 is 2.62 bits per heavy atom. The predicted molar refractivity (Wildman–Crippen MR) is 62.0 cm³/mol. The van der Waals surface area contributed by atoms with E-state index in [2.05, 4.69) is 20.9 Å². The number of hydrogen-bond donors (Lipinski definition) is 1. The van der Waals surface area contributed by atoms with Gasteiger partial charge in [0.25, 0.3) is 6.43 Å². The smallest absolute Gasteiger partial charge is 0.278 e. The van der Waals surface area contributed by atoms with Crippen molar-refractivity contribution in [2.75, 3.05) is 0 Å². The Hall–Kier alpha value is -1.23. The molecule has 1 heterocycles. The maximum absolute atomic E-state index is 12.5. The molecule has 0 spiro atoms. The van der Waals surface area contributed by atoms with E-state index in [1.165, 1.54) is 0 Å². The molecule has 5 heteroatoms. The molecular weight excluding hydrogens is 280 g/mol. The van der Waals surface area contributed by atoms with E-state index >= 15 is 0 Å². The molecule has 0 fully saturated rings. The molecule has 0 unspecified atom stereocenters. The first-order valence-corrected chi connectivity index (χ1v) is 5.39. The third kappa shape index (κ3) is 1.87. The van der Waals surface area contributed by atoms with Gasteiger partial charge in [-0.15, -0.1) is 0 Å². The number of aromatic nitrogens is 1. The molecule has 2 nitrogen and oxygen atoms in total. The molecule has 0 bridgehead atoms. The molecule has 2 aromatic rings. The Bertz CT molecular complexity index is 607. The minimum Gasteiger partial charge on any atom is -0.353 e. The van der Waals surface area contributed by atoms with Gasteiger partial charge in [0.15, 0.2) is 5.43 Å². The summed E-state index contributed by atoms with van der Waals surface area (Å²) in [6.45, 7) is 1.76. The maximum atomic E-state index is 12.5. The van der Waals surface area contributed by atoms with Gasteiger partial charge >= 0.3 is 0 Å². The third-order valence-electron chi connectivity index (χ3n) is 2.36. The fourth-order valence-corrected chi connectivity index (χ4v) is 2.19. The van der Waals surface area contributed by atoms with Crippen LogP contribution in [0.15, 0.2) is 27.5 Å². The fourth-order valence-electron chi connectivity index (χ4n) is 1.62. The van der Waals surface area contributed by atoms with Gasteiger partial charge in [-0.3, -0.25) is 4.79 Å². The summed E-state index contributed by atoms with van der Waals surface area (Å²) in [4.78, 5) is 14.2. The number of alkyl halides is 2. The lowest BCUT2D eigenvalue weighted by atomic mass is 10.1. The zero-order valence-corrected chi connectivity index (χ0v) is 9.94. The quantitative estimate of drug-likeness (QED) is 0.855. The molecule has 1 aromatic carbocycles. The highest BCUT2D eigenvalue weighted by Gasteiger charge is 2.12. The summed E-state index contributed by atoms with van der Waals surface area (Å²) in [6.07, 6.45) is -2.67. The van der Waals surface area contributed by atoms with Crippen molar-refractivity contribution in [3.63, 3.8) is 0 Å². The van der Waals surface area contributed by atoms with Gasteiger partial charge in [-0.05, 0) is 24.6 Å². The third-order valence-corrected chi connectivity index (χ3v) is 2.81. The van der Waals surface area contributed by atoms with Crippen LogP contribution in [-0.4, -0.2) is 4.98 Å². The SMILES string of the molecule is Cc1cc(Br)cc2c(=O)cc(C(F)F)[nH]c12. The Labute approximate surface area is 98.4 Å². The number of aryl methyl sites for hydroxylation is 1. The van der Waals surface area contributed by atoms with Crippen molar-refractivity contribution in [2.24, 2.45) is 0 Å². The Balaban J connectivity index is 2.87. The van der Waals surface area contributed by atoms with Gasteiger partial charge < -0.3 is 4.98 Å². The fraction of sp³-hybridized carbons (Fsp3) is 0.182. The molecule has 0 amide bonds. The zero-order valence-electron chi connectivity index (χ0n) is 8.35. The Morgan fingerprint density at radius 1 is 1.31 bits per heavy atom. The molecule has 0 saturated carbocycles. The van der Waals surface area contributed by atoms with Crippen molar-refractivity contribution in [1.82, 2.24) is 4.98 Å². The van der Waals surface area contributed by atoms with Gasteiger partial charge in [-0.25, -0.2) is 8.78 Å². The first-order chi connectivity index (χ1) is 7.49. The number of fused-ring (bicyclic) bond motifs is 1. The lowest BCUT2D eigenvalue weighted by Crippen LogP contribution is -2.06. The second kappa shape index (κ2) is 3.97. The van der Waals surface area contributed by atoms with E-state index < -0.39 is 11.9 Å². The van der Waals surface area contributed by atoms with Gasteiger partial charge in [-0.2, -0.15) is 0 Å². The summed E-state index contributed by atoms with van der Waals surface area (Å²) in [5.74, 6) is 0. The molecular formula is C11H8BrF2NO. The van der Waals surface area contributed by atoms with Crippen LogP contribution in [0, 0.1) is 6.92 Å². The van der Waals surface area contributed by atoms with Crippen LogP contribution in [0.1, 0.15) is 17.7 Å². The summed E-state index contributed by atoms with van der Waals surface area (Å²) >= 11 is 3.26. The molecule has 0 aliphatic carbocycles. The first-order valence-electron chi connectivity index (χ1n) is 4.60. The molecule has 0 aliphatic rings. The van der Waals surface area contributed by atoms with Crippen LogP contribution in [-0.2, 0) is 0 Å². The van der Waals surface area contributed by atoms with Crippen molar-refractivity contribution < 1.29 is 8.78 Å². The average molecular weight is 288 g/mol. The van der Waals surface area contributed by atoms with Crippen molar-refractivity contribution >= 4 is 26.8 Å². The molecule has 0 aliphatic heterocycles. The molecule has 16 heavy (non-hydrogen) atoms. The van der Waals surface area contributed by atoms with Gasteiger partial charge in [0.2, 0.25) is 0 Å². The van der Waals surface area contributed by atoms with E-state index in [1.54, 1.807) is 19.1 Å². The first kappa shape index (κ1) is 11.3. The van der Waals surface area contributed by atoms with E-state index in [4.69, 9.17) is 0 Å². The topological polar surface area (TPSA) is 32.9 Å². The number of aromatic amines is 1. The van der Waals surface area contributed by atoms with Gasteiger partial charge in [0.05, 0.1) is 11.2 Å². The molecule has 0 saturated heterocycles. The number of rotatable bonds is 1. The monoisotopic (exact) mass is 287 g/mol. The normalized spacial score (nSPS) is 11.3. The summed E-state index contributed by atoms with van der Waals surface area (Å²) < 4.78 is 25.8. The number of H-pyrrole nitrogens is 1. The molecule has 0 atom stereocenters. The summed E-state index contributed by atoms with van der Waals surface area (Å²) in [5.41, 5.74) is 0.478. The Morgan fingerprint density at radius 2 is 2.00 bits per heavy atom. The summed E-state index contributed by atoms with van der Waals surface area (Å²) in [6, 6.07) is 4.34. The molecule has 1 aromatic heterocycles. The van der Waals surface area contributed by atoms with Gasteiger partial charge in [-0.1, -0.05) is 15.9 Å². The van der Waals surface area contributed by atoms with Crippen molar-refractivity contribution in [3.8, 4) is 0 Å². The maximum Gasteiger partial charge on any atom is 0.278 e. The Kier molecular flexibility index (Phi) is 2.80. The van der Waals surface area contributed by atoms with E-state index in [-0.39, 0.29) is 5.69 Å². The van der Waals surface area contributed by atoms with Crippen LogP contribution >= 0.6 is 15.9 Å². The van der Waals surface area contributed by atoms with Crippen LogP contribution in [0.4, 0.5) is 8.78 Å². The van der Waals surface area contributed by atoms with Crippen molar-refractivity contribution in [3.05, 3.63) is 44.2 Å². The highest BCUT2D eigenvalue weighted by atomic mass is 79.9. The zero-order chi connectivity index (χ0) is 11.9. The number of nitrogens with one attached hydrogen (secondary N) is 1. The predicted octanol–water partition coefficient (Wildman–Crippen LogP) is 3.54. The minimum atomic E-state index is -2.67. The standard InChI is InChI=1S/C11H8BrF2NO/c1-5-2-6(12)3-7-9(16)4-8(11(13)14)15-10(5)7/h2-4,11H,1H3,(H,15,16). The summed E-state index contributed by atoms with van der Waals surface area (Å²) in [7, 11) is 0. The number of halogens is 3.